The molecule has 0 unspecified atom stereocenters. The van der Waals surface area contributed by atoms with E-state index in [2.05, 4.69) is 20.9 Å². The summed E-state index contributed by atoms with van der Waals surface area (Å²) in [6, 6.07) is 3.65. The Hall–Kier alpha value is -1.03. The van der Waals surface area contributed by atoms with Gasteiger partial charge in [0.05, 0.1) is 10.9 Å². The average molecular weight is 244 g/mol. The van der Waals surface area contributed by atoms with Crippen LogP contribution in [-0.2, 0) is 0 Å². The van der Waals surface area contributed by atoms with E-state index >= 15 is 0 Å². The minimum absolute atomic E-state index is 0.309. The molecule has 13 heavy (non-hydrogen) atoms. The van der Waals surface area contributed by atoms with Crippen molar-refractivity contribution in [2.45, 2.75) is 0 Å². The number of hydrogen-bond acceptors (Lipinski definition) is 1. The predicted octanol–water partition coefficient (Wildman–Crippen LogP) is 3.28. The first kappa shape index (κ1) is 8.56. The Balaban J connectivity index is 2.94. The summed E-state index contributed by atoms with van der Waals surface area (Å²) in [5.41, 5.74) is 0.312. The third-order valence-electron chi connectivity index (χ3n) is 1.71. The lowest BCUT2D eigenvalue weighted by Gasteiger charge is -2.00. The Morgan fingerprint density at radius 3 is 2.77 bits per heavy atom. The number of pyridine rings is 1. The first-order valence-electron chi connectivity index (χ1n) is 3.58. The van der Waals surface area contributed by atoms with Crippen LogP contribution in [0.5, 0.6) is 0 Å². The molecule has 0 amide bonds. The van der Waals surface area contributed by atoms with Gasteiger partial charge in [0.1, 0.15) is 11.6 Å². The molecule has 1 heterocycles. The quantitative estimate of drug-likeness (QED) is 0.692. The second-order valence-electron chi connectivity index (χ2n) is 2.57. The summed E-state index contributed by atoms with van der Waals surface area (Å²) >= 11 is 3.17. The van der Waals surface area contributed by atoms with Crippen molar-refractivity contribution in [2.75, 3.05) is 0 Å². The zero-order valence-corrected chi connectivity index (χ0v) is 7.98. The van der Waals surface area contributed by atoms with Gasteiger partial charge in [0.15, 0.2) is 0 Å². The van der Waals surface area contributed by atoms with E-state index in [0.717, 1.165) is 6.07 Å². The number of fused-ring (bicyclic) bond motifs is 1. The van der Waals surface area contributed by atoms with E-state index in [1.165, 1.54) is 12.3 Å². The minimum atomic E-state index is -0.615. The number of hydrogen-bond donors (Lipinski definition) is 0. The molecule has 0 aliphatic carbocycles. The van der Waals surface area contributed by atoms with Gasteiger partial charge in [-0.1, -0.05) is 0 Å². The van der Waals surface area contributed by atoms with Crippen LogP contribution in [0, 0.1) is 11.6 Å². The van der Waals surface area contributed by atoms with E-state index in [1.807, 2.05) is 0 Å². The number of rotatable bonds is 0. The largest absolute Gasteiger partial charge is 0.256 e. The van der Waals surface area contributed by atoms with E-state index in [9.17, 15) is 8.78 Å². The summed E-state index contributed by atoms with van der Waals surface area (Å²) in [7, 11) is 0. The summed E-state index contributed by atoms with van der Waals surface area (Å²) in [6.07, 6.45) is 1.49. The monoisotopic (exact) mass is 243 g/mol. The summed E-state index contributed by atoms with van der Waals surface area (Å²) in [5.74, 6) is -1.22. The number of aromatic nitrogens is 1. The Kier molecular flexibility index (Phi) is 2.00. The van der Waals surface area contributed by atoms with E-state index in [4.69, 9.17) is 0 Å². The fourth-order valence-corrected chi connectivity index (χ4v) is 1.68. The highest BCUT2D eigenvalue weighted by molar-refractivity contribution is 9.10. The van der Waals surface area contributed by atoms with Gasteiger partial charge >= 0.3 is 0 Å². The molecule has 2 aromatic rings. The van der Waals surface area contributed by atoms with Crippen molar-refractivity contribution in [3.8, 4) is 0 Å². The summed E-state index contributed by atoms with van der Waals surface area (Å²) in [4.78, 5) is 3.85. The molecule has 2 rings (SSSR count). The third kappa shape index (κ3) is 1.42. The van der Waals surface area contributed by atoms with E-state index in [-0.39, 0.29) is 0 Å². The van der Waals surface area contributed by atoms with E-state index in [1.54, 1.807) is 6.07 Å². The maximum absolute atomic E-state index is 13.2. The van der Waals surface area contributed by atoms with Crippen molar-refractivity contribution < 1.29 is 8.78 Å². The van der Waals surface area contributed by atoms with Crippen molar-refractivity contribution in [2.24, 2.45) is 0 Å². The first-order chi connectivity index (χ1) is 6.18. The van der Waals surface area contributed by atoms with E-state index < -0.39 is 11.6 Å². The minimum Gasteiger partial charge on any atom is -0.256 e. The topological polar surface area (TPSA) is 12.9 Å². The van der Waals surface area contributed by atoms with Crippen LogP contribution in [0.15, 0.2) is 28.9 Å². The second kappa shape index (κ2) is 3.03. The van der Waals surface area contributed by atoms with Crippen LogP contribution in [0.4, 0.5) is 8.78 Å². The Morgan fingerprint density at radius 2 is 2.00 bits per heavy atom. The Bertz CT molecular complexity index is 470. The molecule has 0 saturated carbocycles. The first-order valence-corrected chi connectivity index (χ1v) is 4.37. The van der Waals surface area contributed by atoms with Crippen LogP contribution in [0.2, 0.25) is 0 Å². The van der Waals surface area contributed by atoms with Gasteiger partial charge in [0.25, 0.3) is 0 Å². The summed E-state index contributed by atoms with van der Waals surface area (Å²) in [6.45, 7) is 0. The van der Waals surface area contributed by atoms with Gasteiger partial charge in [0, 0.05) is 22.8 Å². The van der Waals surface area contributed by atoms with Gasteiger partial charge < -0.3 is 0 Å². The van der Waals surface area contributed by atoms with Crippen molar-refractivity contribution >= 4 is 26.8 Å². The molecule has 66 valence electrons. The highest BCUT2D eigenvalue weighted by atomic mass is 79.9. The van der Waals surface area contributed by atoms with Crippen molar-refractivity contribution in [1.29, 1.82) is 0 Å². The highest BCUT2D eigenvalue weighted by Crippen LogP contribution is 2.25. The third-order valence-corrected chi connectivity index (χ3v) is 2.37. The molecule has 1 nitrogen and oxygen atoms in total. The normalized spacial score (nSPS) is 10.7. The average Bonchev–Trinajstić information content (AvgIpc) is 2.02. The van der Waals surface area contributed by atoms with Crippen LogP contribution >= 0.6 is 15.9 Å². The molecule has 0 spiro atoms. The van der Waals surface area contributed by atoms with Crippen molar-refractivity contribution in [3.05, 3.63) is 40.5 Å². The molecular weight excluding hydrogens is 240 g/mol. The molecule has 0 radical (unpaired) electrons. The Labute approximate surface area is 81.5 Å². The number of benzene rings is 1. The molecule has 0 saturated heterocycles. The maximum Gasteiger partial charge on any atom is 0.136 e. The van der Waals surface area contributed by atoms with Gasteiger partial charge in [-0.2, -0.15) is 0 Å². The zero-order valence-electron chi connectivity index (χ0n) is 6.39. The molecule has 0 N–H and O–H groups in total. The van der Waals surface area contributed by atoms with Crippen LogP contribution < -0.4 is 0 Å². The molecule has 0 fully saturated rings. The molecule has 0 aliphatic rings. The van der Waals surface area contributed by atoms with E-state index in [0.29, 0.717) is 15.4 Å². The number of nitrogens with zero attached hydrogens (tertiary/aromatic N) is 1. The SMILES string of the molecule is Fc1cc(F)c2c(Br)ccnc2c1. The van der Waals surface area contributed by atoms with Crippen LogP contribution in [0.3, 0.4) is 0 Å². The highest BCUT2D eigenvalue weighted by Gasteiger charge is 2.07. The molecule has 0 atom stereocenters. The van der Waals surface area contributed by atoms with Crippen LogP contribution in [0.25, 0.3) is 10.9 Å². The molecule has 4 heteroatoms. The zero-order chi connectivity index (χ0) is 9.42. The van der Waals surface area contributed by atoms with Gasteiger partial charge in [-0.05, 0) is 22.0 Å². The standard InChI is InChI=1S/C9H4BrF2N/c10-6-1-2-13-8-4-5(11)3-7(12)9(6)8/h1-4H. The molecule has 1 aromatic carbocycles. The fourth-order valence-electron chi connectivity index (χ4n) is 1.16. The molecule has 0 aliphatic heterocycles. The van der Waals surface area contributed by atoms with Crippen LogP contribution in [0.1, 0.15) is 0 Å². The van der Waals surface area contributed by atoms with Gasteiger partial charge in [-0.3, -0.25) is 4.98 Å². The van der Waals surface area contributed by atoms with Gasteiger partial charge in [0.2, 0.25) is 0 Å². The van der Waals surface area contributed by atoms with Gasteiger partial charge in [-0.15, -0.1) is 0 Å². The predicted molar refractivity (Wildman–Crippen MR) is 49.4 cm³/mol. The number of halogens is 3. The molecular formula is C9H4BrF2N. The molecule has 1 aromatic heterocycles. The smallest absolute Gasteiger partial charge is 0.136 e. The van der Waals surface area contributed by atoms with Crippen molar-refractivity contribution in [3.63, 3.8) is 0 Å². The fraction of sp³-hybridized carbons (Fsp3) is 0. The lowest BCUT2D eigenvalue weighted by atomic mass is 10.2. The second-order valence-corrected chi connectivity index (χ2v) is 3.43. The molecule has 0 bridgehead atoms. The Morgan fingerprint density at radius 1 is 1.23 bits per heavy atom. The maximum atomic E-state index is 13.2. The summed E-state index contributed by atoms with van der Waals surface area (Å²) < 4.78 is 26.5. The summed E-state index contributed by atoms with van der Waals surface area (Å²) in [5, 5.41) is 0.309. The van der Waals surface area contributed by atoms with Crippen molar-refractivity contribution in [1.82, 2.24) is 4.98 Å². The van der Waals surface area contributed by atoms with Crippen LogP contribution in [-0.4, -0.2) is 4.98 Å². The lowest BCUT2D eigenvalue weighted by Crippen LogP contribution is -1.86. The lowest BCUT2D eigenvalue weighted by molar-refractivity contribution is 0.591. The van der Waals surface area contributed by atoms with Gasteiger partial charge in [-0.25, -0.2) is 8.78 Å².